The Kier molecular flexibility index (Phi) is 35.1. The number of allylic oxidation sites excluding steroid dienone is 6. The highest BCUT2D eigenvalue weighted by atomic mass is 31.2. The molecule has 3 atom stereocenters. The molecular weight excluding hydrogens is 697 g/mol. The van der Waals surface area contributed by atoms with Crippen molar-refractivity contribution in [2.45, 2.75) is 187 Å². The average Bonchev–Trinajstić information content (AvgIpc) is 3.13. The molecule has 0 rings (SSSR count). The fraction of sp³-hybridized carbons (Fsp3) is 0.780. The largest absolute Gasteiger partial charge is 0.480 e. The van der Waals surface area contributed by atoms with Gasteiger partial charge in [-0.2, -0.15) is 0 Å². The summed E-state index contributed by atoms with van der Waals surface area (Å²) in [4.78, 5) is 45.8. The number of carboxylic acids is 1. The summed E-state index contributed by atoms with van der Waals surface area (Å²) in [5.41, 5.74) is 5.32. The lowest BCUT2D eigenvalue weighted by atomic mass is 10.1. The first-order valence-corrected chi connectivity index (χ1v) is 22.0. The fourth-order valence-electron chi connectivity index (χ4n) is 5.33. The van der Waals surface area contributed by atoms with Gasteiger partial charge in [0.15, 0.2) is 6.10 Å². The molecule has 0 heterocycles. The highest BCUT2D eigenvalue weighted by Crippen LogP contribution is 2.43. The van der Waals surface area contributed by atoms with Crippen LogP contribution in [-0.4, -0.2) is 59.9 Å². The maximum Gasteiger partial charge on any atom is 0.472 e. The van der Waals surface area contributed by atoms with E-state index in [1.165, 1.54) is 57.8 Å². The second-order valence-corrected chi connectivity index (χ2v) is 15.2. The van der Waals surface area contributed by atoms with Crippen molar-refractivity contribution >= 4 is 25.7 Å². The van der Waals surface area contributed by atoms with Crippen molar-refractivity contribution in [3.8, 4) is 0 Å². The van der Waals surface area contributed by atoms with Crippen LogP contribution in [-0.2, 0) is 37.5 Å². The van der Waals surface area contributed by atoms with Gasteiger partial charge in [0.25, 0.3) is 0 Å². The first-order chi connectivity index (χ1) is 25.6. The van der Waals surface area contributed by atoms with E-state index in [0.29, 0.717) is 12.8 Å². The van der Waals surface area contributed by atoms with Crippen molar-refractivity contribution < 1.29 is 47.5 Å². The molecule has 0 amide bonds. The smallest absolute Gasteiger partial charge is 0.472 e. The maximum atomic E-state index is 12.6. The Bertz CT molecular complexity index is 1050. The van der Waals surface area contributed by atoms with Crippen molar-refractivity contribution in [2.75, 3.05) is 19.8 Å². The van der Waals surface area contributed by atoms with Crippen LogP contribution in [0.15, 0.2) is 36.5 Å². The predicted molar refractivity (Wildman–Crippen MR) is 212 cm³/mol. The van der Waals surface area contributed by atoms with Crippen molar-refractivity contribution in [3.63, 3.8) is 0 Å². The number of aliphatic carboxylic acids is 1. The Morgan fingerprint density at radius 3 is 1.57 bits per heavy atom. The number of nitrogens with two attached hydrogens (primary N) is 1. The number of ether oxygens (including phenoxy) is 2. The normalized spacial score (nSPS) is 14.2. The van der Waals surface area contributed by atoms with E-state index in [2.05, 4.69) is 54.8 Å². The number of carbonyl (C=O) groups excluding carboxylic acids is 2. The first-order valence-electron chi connectivity index (χ1n) is 20.5. The average molecular weight is 772 g/mol. The lowest BCUT2D eigenvalue weighted by Crippen LogP contribution is -2.34. The Balaban J connectivity index is 4.35. The molecule has 12 heteroatoms. The molecule has 0 bridgehead atoms. The van der Waals surface area contributed by atoms with Crippen LogP contribution < -0.4 is 5.73 Å². The number of phosphoric ester groups is 1. The van der Waals surface area contributed by atoms with E-state index in [0.717, 1.165) is 77.0 Å². The molecule has 0 fully saturated rings. The highest BCUT2D eigenvalue weighted by Gasteiger charge is 2.28. The molecule has 0 aromatic rings. The third-order valence-corrected chi connectivity index (χ3v) is 9.54. The molecule has 0 saturated carbocycles. The lowest BCUT2D eigenvalue weighted by Gasteiger charge is -2.20. The molecule has 0 spiro atoms. The van der Waals surface area contributed by atoms with Gasteiger partial charge in [-0.3, -0.25) is 23.4 Å². The molecule has 4 N–H and O–H groups in total. The SMILES string of the molecule is CCC/C=C\CCCCCCCC(=O)OCC(COP(=O)(O)OCC(N)C(=O)O)OC(=O)CCCCCCCCCCC/C=C\C/C=C\CCCCC. The molecule has 0 aliphatic heterocycles. The summed E-state index contributed by atoms with van der Waals surface area (Å²) < 4.78 is 32.6. The van der Waals surface area contributed by atoms with Crippen molar-refractivity contribution in [1.29, 1.82) is 0 Å². The zero-order valence-corrected chi connectivity index (χ0v) is 34.0. The summed E-state index contributed by atoms with van der Waals surface area (Å²) in [6.45, 7) is 2.69. The zero-order valence-electron chi connectivity index (χ0n) is 33.1. The monoisotopic (exact) mass is 772 g/mol. The van der Waals surface area contributed by atoms with E-state index in [1.54, 1.807) is 0 Å². The Morgan fingerprint density at radius 2 is 1.04 bits per heavy atom. The van der Waals surface area contributed by atoms with Crippen LogP contribution in [0.25, 0.3) is 0 Å². The summed E-state index contributed by atoms with van der Waals surface area (Å²) in [6, 6.07) is -1.52. The Hall–Kier alpha value is -2.30. The number of phosphoric acid groups is 1. The molecule has 0 aromatic carbocycles. The molecule has 0 aliphatic carbocycles. The summed E-state index contributed by atoms with van der Waals surface area (Å²) in [5.74, 6) is -2.40. The first kappa shape index (κ1) is 50.7. The summed E-state index contributed by atoms with van der Waals surface area (Å²) >= 11 is 0. The van der Waals surface area contributed by atoms with E-state index in [-0.39, 0.29) is 19.4 Å². The van der Waals surface area contributed by atoms with Gasteiger partial charge in [-0.05, 0) is 64.2 Å². The number of unbranched alkanes of at least 4 members (excludes halogenated alkanes) is 18. The van der Waals surface area contributed by atoms with Gasteiger partial charge in [0.2, 0.25) is 0 Å². The minimum atomic E-state index is -4.71. The van der Waals surface area contributed by atoms with Crippen molar-refractivity contribution in [2.24, 2.45) is 5.73 Å². The van der Waals surface area contributed by atoms with Crippen molar-refractivity contribution in [3.05, 3.63) is 36.5 Å². The summed E-state index contributed by atoms with van der Waals surface area (Å²) in [7, 11) is -4.71. The molecule has 0 aliphatic rings. The standard InChI is InChI=1S/C41H74NO10P/c1-3-5-7-9-11-13-15-16-17-18-19-20-21-22-23-25-27-29-31-33-40(44)52-37(35-50-53(47,48)51-36-38(42)41(45)46)34-49-39(43)32-30-28-26-24-14-12-10-8-6-4-2/h8,10-11,13,16-17,37-38H,3-7,9,12,14-15,18-36,42H2,1-2H3,(H,45,46)(H,47,48)/b10-8-,13-11-,17-16-. The number of carboxylic acid groups (broad SMARTS) is 1. The second kappa shape index (κ2) is 36.7. The molecule has 0 aromatic heterocycles. The number of carbonyl (C=O) groups is 3. The molecule has 0 saturated heterocycles. The van der Waals surface area contributed by atoms with E-state index in [4.69, 9.17) is 24.8 Å². The van der Waals surface area contributed by atoms with Gasteiger partial charge >= 0.3 is 25.7 Å². The predicted octanol–water partition coefficient (Wildman–Crippen LogP) is 10.4. The minimum absolute atomic E-state index is 0.155. The number of rotatable bonds is 38. The Morgan fingerprint density at radius 1 is 0.585 bits per heavy atom. The highest BCUT2D eigenvalue weighted by molar-refractivity contribution is 7.47. The van der Waals surface area contributed by atoms with E-state index < -0.39 is 51.1 Å². The molecule has 53 heavy (non-hydrogen) atoms. The van der Waals surface area contributed by atoms with Gasteiger partial charge in [0.1, 0.15) is 12.6 Å². The lowest BCUT2D eigenvalue weighted by molar-refractivity contribution is -0.161. The van der Waals surface area contributed by atoms with Crippen LogP contribution >= 0.6 is 7.82 Å². The fourth-order valence-corrected chi connectivity index (χ4v) is 6.11. The maximum absolute atomic E-state index is 12.6. The Labute approximate surface area is 321 Å². The minimum Gasteiger partial charge on any atom is -0.480 e. The van der Waals surface area contributed by atoms with Gasteiger partial charge in [-0.15, -0.1) is 0 Å². The van der Waals surface area contributed by atoms with E-state index in [1.807, 2.05) is 0 Å². The van der Waals surface area contributed by atoms with Gasteiger partial charge in [-0.25, -0.2) is 4.57 Å². The van der Waals surface area contributed by atoms with Gasteiger partial charge < -0.3 is 25.2 Å². The molecule has 3 unspecified atom stereocenters. The van der Waals surface area contributed by atoms with E-state index >= 15 is 0 Å². The van der Waals surface area contributed by atoms with Crippen molar-refractivity contribution in [1.82, 2.24) is 0 Å². The number of hydrogen-bond donors (Lipinski definition) is 3. The summed E-state index contributed by atoms with van der Waals surface area (Å²) in [5, 5.41) is 8.87. The summed E-state index contributed by atoms with van der Waals surface area (Å²) in [6.07, 6.45) is 37.9. The molecule has 0 radical (unpaired) electrons. The van der Waals surface area contributed by atoms with Crippen LogP contribution in [0, 0.1) is 0 Å². The molecule has 11 nitrogen and oxygen atoms in total. The van der Waals surface area contributed by atoms with Gasteiger partial charge in [0.05, 0.1) is 13.2 Å². The zero-order chi connectivity index (χ0) is 39.3. The van der Waals surface area contributed by atoms with Crippen LogP contribution in [0.5, 0.6) is 0 Å². The molecular formula is C41H74NO10P. The topological polar surface area (TPSA) is 172 Å². The molecule has 308 valence electrons. The third kappa shape index (κ3) is 36.4. The van der Waals surface area contributed by atoms with Gasteiger partial charge in [0, 0.05) is 12.8 Å². The van der Waals surface area contributed by atoms with Crippen LogP contribution in [0.1, 0.15) is 174 Å². The van der Waals surface area contributed by atoms with Crippen LogP contribution in [0.3, 0.4) is 0 Å². The van der Waals surface area contributed by atoms with Gasteiger partial charge in [-0.1, -0.05) is 134 Å². The van der Waals surface area contributed by atoms with Crippen LogP contribution in [0.4, 0.5) is 0 Å². The third-order valence-electron chi connectivity index (χ3n) is 8.59. The number of esters is 2. The van der Waals surface area contributed by atoms with E-state index in [9.17, 15) is 23.8 Å². The quantitative estimate of drug-likeness (QED) is 0.0236. The number of hydrogen-bond acceptors (Lipinski definition) is 9. The van der Waals surface area contributed by atoms with Crippen LogP contribution in [0.2, 0.25) is 0 Å². The second-order valence-electron chi connectivity index (χ2n) is 13.8.